The van der Waals surface area contributed by atoms with Crippen molar-refractivity contribution in [2.75, 3.05) is 13.7 Å². The van der Waals surface area contributed by atoms with Crippen LogP contribution in [-0.2, 0) is 9.53 Å². The normalized spacial score (nSPS) is 10.2. The third-order valence-corrected chi connectivity index (χ3v) is 3.24. The Labute approximate surface area is 123 Å². The maximum atomic E-state index is 11.2. The minimum atomic E-state index is -0.418. The molecule has 0 atom stereocenters. The molecular formula is C17H18O4. The average molecular weight is 286 g/mol. The van der Waals surface area contributed by atoms with Crippen molar-refractivity contribution < 1.29 is 19.4 Å². The molecule has 0 aliphatic rings. The van der Waals surface area contributed by atoms with Gasteiger partial charge in [0.25, 0.3) is 0 Å². The topological polar surface area (TPSA) is 55.8 Å². The molecule has 2 aromatic carbocycles. The van der Waals surface area contributed by atoms with Gasteiger partial charge in [-0.3, -0.25) is 0 Å². The molecule has 0 radical (unpaired) electrons. The standard InChI is InChI=1S/C17H18O4/c1-11-8-13(14-6-4-5-7-15(14)18)9-12(2)17(11)21-10-16(19)20-3/h4-9,18H,10H2,1-3H3. The zero-order chi connectivity index (χ0) is 15.4. The number of phenolic OH excluding ortho intramolecular Hbond substituents is 1. The van der Waals surface area contributed by atoms with Crippen molar-refractivity contribution >= 4 is 5.97 Å². The van der Waals surface area contributed by atoms with E-state index in [1.807, 2.05) is 38.1 Å². The number of ether oxygens (including phenoxy) is 2. The predicted octanol–water partition coefficient (Wildman–Crippen LogP) is 3.23. The minimum Gasteiger partial charge on any atom is -0.507 e. The molecule has 0 aliphatic carbocycles. The van der Waals surface area contributed by atoms with Crippen molar-refractivity contribution in [1.29, 1.82) is 0 Å². The van der Waals surface area contributed by atoms with Crippen LogP contribution in [0.15, 0.2) is 36.4 Å². The smallest absolute Gasteiger partial charge is 0.343 e. The summed E-state index contributed by atoms with van der Waals surface area (Å²) in [5.74, 6) is 0.484. The molecular weight excluding hydrogens is 268 g/mol. The number of esters is 1. The van der Waals surface area contributed by atoms with Crippen LogP contribution in [0, 0.1) is 13.8 Å². The lowest BCUT2D eigenvalue weighted by atomic mass is 9.99. The monoisotopic (exact) mass is 286 g/mol. The van der Waals surface area contributed by atoms with Gasteiger partial charge in [0.05, 0.1) is 7.11 Å². The third-order valence-electron chi connectivity index (χ3n) is 3.24. The van der Waals surface area contributed by atoms with Crippen LogP contribution in [-0.4, -0.2) is 24.8 Å². The van der Waals surface area contributed by atoms with Crippen molar-refractivity contribution in [3.05, 3.63) is 47.5 Å². The van der Waals surface area contributed by atoms with Crippen LogP contribution in [0.25, 0.3) is 11.1 Å². The van der Waals surface area contributed by atoms with E-state index in [-0.39, 0.29) is 12.4 Å². The molecule has 4 nitrogen and oxygen atoms in total. The van der Waals surface area contributed by atoms with Gasteiger partial charge in [-0.2, -0.15) is 0 Å². The first-order chi connectivity index (χ1) is 10.0. The van der Waals surface area contributed by atoms with E-state index in [0.29, 0.717) is 5.75 Å². The molecule has 0 spiro atoms. The summed E-state index contributed by atoms with van der Waals surface area (Å²) in [7, 11) is 1.33. The summed E-state index contributed by atoms with van der Waals surface area (Å²) >= 11 is 0. The number of aromatic hydroxyl groups is 1. The van der Waals surface area contributed by atoms with Gasteiger partial charge in [-0.1, -0.05) is 18.2 Å². The molecule has 2 rings (SSSR count). The molecule has 0 bridgehead atoms. The second kappa shape index (κ2) is 6.31. The number of carbonyl (C=O) groups is 1. The largest absolute Gasteiger partial charge is 0.507 e. The maximum Gasteiger partial charge on any atom is 0.343 e. The molecule has 0 saturated heterocycles. The number of phenols is 1. The van der Waals surface area contributed by atoms with Crippen LogP contribution in [0.5, 0.6) is 11.5 Å². The number of methoxy groups -OCH3 is 1. The highest BCUT2D eigenvalue weighted by Gasteiger charge is 2.11. The van der Waals surface area contributed by atoms with Gasteiger partial charge < -0.3 is 14.6 Å². The quantitative estimate of drug-likeness (QED) is 0.877. The highest BCUT2D eigenvalue weighted by molar-refractivity contribution is 5.73. The second-order valence-corrected chi connectivity index (χ2v) is 4.82. The summed E-state index contributed by atoms with van der Waals surface area (Å²) in [4.78, 5) is 11.2. The number of hydrogen-bond acceptors (Lipinski definition) is 4. The average Bonchev–Trinajstić information content (AvgIpc) is 2.46. The van der Waals surface area contributed by atoms with E-state index in [0.717, 1.165) is 22.3 Å². The van der Waals surface area contributed by atoms with Crippen molar-refractivity contribution in [1.82, 2.24) is 0 Å². The van der Waals surface area contributed by atoms with Gasteiger partial charge in [-0.15, -0.1) is 0 Å². The van der Waals surface area contributed by atoms with Gasteiger partial charge in [0.2, 0.25) is 0 Å². The summed E-state index contributed by atoms with van der Waals surface area (Å²) in [5.41, 5.74) is 3.48. The Kier molecular flexibility index (Phi) is 4.48. The van der Waals surface area contributed by atoms with Crippen LogP contribution in [0.4, 0.5) is 0 Å². The molecule has 0 unspecified atom stereocenters. The number of aryl methyl sites for hydroxylation is 2. The molecule has 0 saturated carbocycles. The first-order valence-corrected chi connectivity index (χ1v) is 6.62. The molecule has 0 heterocycles. The van der Waals surface area contributed by atoms with Gasteiger partial charge in [-0.05, 0) is 48.7 Å². The molecule has 0 amide bonds. The molecule has 4 heteroatoms. The SMILES string of the molecule is COC(=O)COc1c(C)cc(-c2ccccc2O)cc1C. The molecule has 110 valence electrons. The Hall–Kier alpha value is -2.49. The fraction of sp³-hybridized carbons (Fsp3) is 0.235. The summed E-state index contributed by atoms with van der Waals surface area (Å²) in [5, 5.41) is 9.93. The van der Waals surface area contributed by atoms with E-state index >= 15 is 0 Å². The number of benzene rings is 2. The summed E-state index contributed by atoms with van der Waals surface area (Å²) < 4.78 is 10.1. The summed E-state index contributed by atoms with van der Waals surface area (Å²) in [6.45, 7) is 3.69. The van der Waals surface area contributed by atoms with Gasteiger partial charge in [0, 0.05) is 5.56 Å². The lowest BCUT2D eigenvalue weighted by molar-refractivity contribution is -0.142. The van der Waals surface area contributed by atoms with Crippen molar-refractivity contribution in [3.8, 4) is 22.6 Å². The molecule has 0 aromatic heterocycles. The number of hydrogen-bond donors (Lipinski definition) is 1. The lowest BCUT2D eigenvalue weighted by Crippen LogP contribution is -2.13. The third kappa shape index (κ3) is 3.34. The fourth-order valence-electron chi connectivity index (χ4n) is 2.24. The molecule has 2 aromatic rings. The van der Waals surface area contributed by atoms with Crippen molar-refractivity contribution in [3.63, 3.8) is 0 Å². The summed E-state index contributed by atoms with van der Waals surface area (Å²) in [6.07, 6.45) is 0. The van der Waals surface area contributed by atoms with Gasteiger partial charge in [-0.25, -0.2) is 4.79 Å². The van der Waals surface area contributed by atoms with Crippen LogP contribution in [0.3, 0.4) is 0 Å². The van der Waals surface area contributed by atoms with Gasteiger partial charge in [0.15, 0.2) is 6.61 Å². The van der Waals surface area contributed by atoms with Gasteiger partial charge in [0.1, 0.15) is 11.5 Å². The van der Waals surface area contributed by atoms with Crippen LogP contribution in [0.1, 0.15) is 11.1 Å². The van der Waals surface area contributed by atoms with Crippen molar-refractivity contribution in [2.24, 2.45) is 0 Å². The van der Waals surface area contributed by atoms with Crippen LogP contribution in [0.2, 0.25) is 0 Å². The highest BCUT2D eigenvalue weighted by Crippen LogP contribution is 2.34. The minimum absolute atomic E-state index is 0.117. The van der Waals surface area contributed by atoms with E-state index in [1.54, 1.807) is 12.1 Å². The number of carbonyl (C=O) groups excluding carboxylic acids is 1. The Morgan fingerprint density at radius 2 is 1.76 bits per heavy atom. The Bertz CT molecular complexity index is 639. The Balaban J connectivity index is 2.33. The van der Waals surface area contributed by atoms with E-state index in [1.165, 1.54) is 7.11 Å². The van der Waals surface area contributed by atoms with E-state index in [4.69, 9.17) is 4.74 Å². The highest BCUT2D eigenvalue weighted by atomic mass is 16.6. The lowest BCUT2D eigenvalue weighted by Gasteiger charge is -2.14. The molecule has 0 aliphatic heterocycles. The van der Waals surface area contributed by atoms with Crippen molar-refractivity contribution in [2.45, 2.75) is 13.8 Å². The van der Waals surface area contributed by atoms with Gasteiger partial charge >= 0.3 is 5.97 Å². The van der Waals surface area contributed by atoms with E-state index in [2.05, 4.69) is 4.74 Å². The van der Waals surface area contributed by atoms with E-state index < -0.39 is 5.97 Å². The first-order valence-electron chi connectivity index (χ1n) is 6.62. The second-order valence-electron chi connectivity index (χ2n) is 4.82. The Morgan fingerprint density at radius 1 is 1.14 bits per heavy atom. The van der Waals surface area contributed by atoms with Crippen LogP contribution >= 0.6 is 0 Å². The molecule has 1 N–H and O–H groups in total. The maximum absolute atomic E-state index is 11.2. The van der Waals surface area contributed by atoms with E-state index in [9.17, 15) is 9.90 Å². The van der Waals surface area contributed by atoms with Crippen LogP contribution < -0.4 is 4.74 Å². The first kappa shape index (κ1) is 14.9. The zero-order valence-corrected chi connectivity index (χ0v) is 12.3. The Morgan fingerprint density at radius 3 is 2.33 bits per heavy atom. The number of rotatable bonds is 4. The predicted molar refractivity (Wildman–Crippen MR) is 80.5 cm³/mol. The summed E-state index contributed by atoms with van der Waals surface area (Å²) in [6, 6.07) is 11.0. The fourth-order valence-corrected chi connectivity index (χ4v) is 2.24. The molecule has 0 fully saturated rings. The zero-order valence-electron chi connectivity index (χ0n) is 12.3. The molecule has 21 heavy (non-hydrogen) atoms. The number of para-hydroxylation sites is 1.